The number of halogens is 1. The van der Waals surface area contributed by atoms with Crippen LogP contribution in [-0.2, 0) is 20.9 Å². The number of ether oxygens (including phenoxy) is 1. The smallest absolute Gasteiger partial charge is 0.326 e. The van der Waals surface area contributed by atoms with Crippen molar-refractivity contribution >= 4 is 29.4 Å². The Morgan fingerprint density at radius 2 is 1.70 bits per heavy atom. The van der Waals surface area contributed by atoms with Gasteiger partial charge in [0.1, 0.15) is 6.54 Å². The number of esters is 1. The van der Waals surface area contributed by atoms with Crippen LogP contribution in [0.15, 0.2) is 54.6 Å². The van der Waals surface area contributed by atoms with Gasteiger partial charge in [0, 0.05) is 24.2 Å². The molecular formula is C20H21ClN2O4. The van der Waals surface area contributed by atoms with E-state index < -0.39 is 18.0 Å². The molecule has 0 fully saturated rings. The monoisotopic (exact) mass is 388 g/mol. The van der Waals surface area contributed by atoms with Gasteiger partial charge in [-0.25, -0.2) is 0 Å². The topological polar surface area (TPSA) is 75.7 Å². The molecule has 0 radical (unpaired) electrons. The van der Waals surface area contributed by atoms with Gasteiger partial charge in [0.2, 0.25) is 0 Å². The summed E-state index contributed by atoms with van der Waals surface area (Å²) in [6.07, 6.45) is -0.946. The van der Waals surface area contributed by atoms with Gasteiger partial charge in [0.15, 0.2) is 6.10 Å². The third-order valence-electron chi connectivity index (χ3n) is 3.79. The molecule has 0 aliphatic rings. The number of benzene rings is 2. The summed E-state index contributed by atoms with van der Waals surface area (Å²) in [7, 11) is 1.64. The Morgan fingerprint density at radius 3 is 2.33 bits per heavy atom. The van der Waals surface area contributed by atoms with Crippen LogP contribution in [0.5, 0.6) is 0 Å². The van der Waals surface area contributed by atoms with Crippen LogP contribution < -0.4 is 5.32 Å². The standard InChI is InChI=1S/C20H21ClN2O4/c1-14(20(26)23(2)13-15-6-4-3-5-7-15)27-18(24)12-22-19(25)16-8-10-17(21)11-9-16/h3-11,14H,12-13H2,1-2H3,(H,22,25)/t14-/m1/s1. The lowest BCUT2D eigenvalue weighted by molar-refractivity contribution is -0.157. The van der Waals surface area contributed by atoms with Gasteiger partial charge in [-0.2, -0.15) is 0 Å². The van der Waals surface area contributed by atoms with Crippen molar-refractivity contribution in [2.45, 2.75) is 19.6 Å². The molecule has 2 aromatic carbocycles. The van der Waals surface area contributed by atoms with E-state index in [2.05, 4.69) is 5.32 Å². The molecule has 1 N–H and O–H groups in total. The van der Waals surface area contributed by atoms with Crippen molar-refractivity contribution in [3.05, 3.63) is 70.7 Å². The number of carbonyl (C=O) groups is 3. The fraction of sp³-hybridized carbons (Fsp3) is 0.250. The number of carbonyl (C=O) groups excluding carboxylic acids is 3. The molecule has 0 aliphatic carbocycles. The molecule has 7 heteroatoms. The maximum atomic E-state index is 12.3. The van der Waals surface area contributed by atoms with Crippen LogP contribution in [-0.4, -0.2) is 42.4 Å². The number of amides is 2. The number of hydrogen-bond donors (Lipinski definition) is 1. The average molecular weight is 389 g/mol. The highest BCUT2D eigenvalue weighted by molar-refractivity contribution is 6.30. The fourth-order valence-corrected chi connectivity index (χ4v) is 2.52. The largest absolute Gasteiger partial charge is 0.451 e. The first-order valence-corrected chi connectivity index (χ1v) is 8.76. The number of hydrogen-bond acceptors (Lipinski definition) is 4. The van der Waals surface area contributed by atoms with E-state index in [4.69, 9.17) is 16.3 Å². The first kappa shape index (κ1) is 20.5. The minimum Gasteiger partial charge on any atom is -0.451 e. The quantitative estimate of drug-likeness (QED) is 0.740. The van der Waals surface area contributed by atoms with Crippen molar-refractivity contribution in [3.8, 4) is 0 Å². The molecule has 142 valence electrons. The van der Waals surface area contributed by atoms with Crippen LogP contribution in [0.2, 0.25) is 5.02 Å². The first-order valence-electron chi connectivity index (χ1n) is 8.39. The van der Waals surface area contributed by atoms with Gasteiger partial charge in [-0.15, -0.1) is 0 Å². The van der Waals surface area contributed by atoms with Crippen molar-refractivity contribution in [1.82, 2.24) is 10.2 Å². The van der Waals surface area contributed by atoms with Crippen molar-refractivity contribution in [1.29, 1.82) is 0 Å². The van der Waals surface area contributed by atoms with Gasteiger partial charge in [-0.1, -0.05) is 41.9 Å². The Bertz CT molecular complexity index is 793. The predicted molar refractivity (Wildman–Crippen MR) is 102 cm³/mol. The molecule has 6 nitrogen and oxygen atoms in total. The van der Waals surface area contributed by atoms with Crippen LogP contribution in [0.25, 0.3) is 0 Å². The SMILES string of the molecule is C[C@@H](OC(=O)CNC(=O)c1ccc(Cl)cc1)C(=O)N(C)Cc1ccccc1. The van der Waals surface area contributed by atoms with E-state index in [-0.39, 0.29) is 12.5 Å². The van der Waals surface area contributed by atoms with Crippen molar-refractivity contribution in [3.63, 3.8) is 0 Å². The fourth-order valence-electron chi connectivity index (χ4n) is 2.39. The molecule has 0 unspecified atom stereocenters. The molecule has 0 bridgehead atoms. The van der Waals surface area contributed by atoms with Crippen LogP contribution in [0.1, 0.15) is 22.8 Å². The summed E-state index contributed by atoms with van der Waals surface area (Å²) >= 11 is 5.77. The van der Waals surface area contributed by atoms with Crippen molar-refractivity contribution in [2.24, 2.45) is 0 Å². The van der Waals surface area contributed by atoms with Crippen LogP contribution >= 0.6 is 11.6 Å². The Hall–Kier alpha value is -2.86. The Kier molecular flexibility index (Phi) is 7.37. The van der Waals surface area contributed by atoms with E-state index in [1.807, 2.05) is 30.3 Å². The van der Waals surface area contributed by atoms with E-state index in [9.17, 15) is 14.4 Å². The Labute approximate surface area is 163 Å². The summed E-state index contributed by atoms with van der Waals surface area (Å²) in [5.41, 5.74) is 1.35. The van der Waals surface area contributed by atoms with E-state index in [1.54, 1.807) is 31.3 Å². The molecular weight excluding hydrogens is 368 g/mol. The van der Waals surface area contributed by atoms with E-state index >= 15 is 0 Å². The highest BCUT2D eigenvalue weighted by atomic mass is 35.5. The molecule has 0 aromatic heterocycles. The minimum absolute atomic E-state index is 0.323. The summed E-state index contributed by atoms with van der Waals surface area (Å²) in [6.45, 7) is 1.58. The predicted octanol–water partition coefficient (Wildman–Crippen LogP) is 2.66. The zero-order valence-corrected chi connectivity index (χ0v) is 15.9. The maximum Gasteiger partial charge on any atom is 0.326 e. The third kappa shape index (κ3) is 6.42. The zero-order valence-electron chi connectivity index (χ0n) is 15.1. The Morgan fingerprint density at radius 1 is 1.07 bits per heavy atom. The van der Waals surface area contributed by atoms with Crippen LogP contribution in [0, 0.1) is 0 Å². The van der Waals surface area contributed by atoms with Gasteiger partial charge in [-0.05, 0) is 36.8 Å². The summed E-state index contributed by atoms with van der Waals surface area (Å²) < 4.78 is 5.11. The number of nitrogens with zero attached hydrogens (tertiary/aromatic N) is 1. The van der Waals surface area contributed by atoms with Gasteiger partial charge in [0.25, 0.3) is 11.8 Å². The summed E-state index contributed by atoms with van der Waals surface area (Å²) in [5.74, 6) is -1.44. The van der Waals surface area contributed by atoms with Crippen molar-refractivity contribution in [2.75, 3.05) is 13.6 Å². The lowest BCUT2D eigenvalue weighted by Crippen LogP contribution is -2.39. The molecule has 2 rings (SSSR count). The molecule has 0 saturated carbocycles. The lowest BCUT2D eigenvalue weighted by Gasteiger charge is -2.21. The highest BCUT2D eigenvalue weighted by Gasteiger charge is 2.21. The number of rotatable bonds is 7. The normalized spacial score (nSPS) is 11.4. The van der Waals surface area contributed by atoms with E-state index in [1.165, 1.54) is 11.8 Å². The number of nitrogens with one attached hydrogen (secondary N) is 1. The summed E-state index contributed by atoms with van der Waals surface area (Å²) in [4.78, 5) is 37.7. The second kappa shape index (κ2) is 9.73. The highest BCUT2D eigenvalue weighted by Crippen LogP contribution is 2.09. The molecule has 0 heterocycles. The summed E-state index contributed by atoms with van der Waals surface area (Å²) in [6, 6.07) is 15.8. The lowest BCUT2D eigenvalue weighted by atomic mass is 10.2. The minimum atomic E-state index is -0.946. The van der Waals surface area contributed by atoms with E-state index in [0.29, 0.717) is 17.1 Å². The van der Waals surface area contributed by atoms with Gasteiger partial charge < -0.3 is 15.0 Å². The molecule has 2 amide bonds. The van der Waals surface area contributed by atoms with Gasteiger partial charge in [0.05, 0.1) is 0 Å². The van der Waals surface area contributed by atoms with Crippen LogP contribution in [0.3, 0.4) is 0 Å². The van der Waals surface area contributed by atoms with Gasteiger partial charge in [-0.3, -0.25) is 14.4 Å². The average Bonchev–Trinajstić information content (AvgIpc) is 2.66. The summed E-state index contributed by atoms with van der Waals surface area (Å²) in [5, 5.41) is 2.96. The zero-order chi connectivity index (χ0) is 19.8. The van der Waals surface area contributed by atoms with Crippen LogP contribution in [0.4, 0.5) is 0 Å². The van der Waals surface area contributed by atoms with Crippen molar-refractivity contribution < 1.29 is 19.1 Å². The van der Waals surface area contributed by atoms with E-state index in [0.717, 1.165) is 5.56 Å². The number of likely N-dealkylation sites (N-methyl/N-ethyl adjacent to an activating group) is 1. The maximum absolute atomic E-state index is 12.3. The molecule has 0 saturated heterocycles. The second-order valence-electron chi connectivity index (χ2n) is 6.00. The molecule has 1 atom stereocenters. The molecule has 2 aromatic rings. The molecule has 0 spiro atoms. The second-order valence-corrected chi connectivity index (χ2v) is 6.44. The third-order valence-corrected chi connectivity index (χ3v) is 4.05. The van der Waals surface area contributed by atoms with Gasteiger partial charge >= 0.3 is 5.97 Å². The molecule has 27 heavy (non-hydrogen) atoms. The first-order chi connectivity index (χ1) is 12.9. The molecule has 0 aliphatic heterocycles. The Balaban J connectivity index is 1.79.